The predicted octanol–water partition coefficient (Wildman–Crippen LogP) is 2.69. The van der Waals surface area contributed by atoms with Gasteiger partial charge in [0, 0.05) is 0 Å². The smallest absolute Gasteiger partial charge is 0.416 e. The molecule has 0 aliphatic heterocycles. The lowest BCUT2D eigenvalue weighted by Crippen LogP contribution is -2.18. The zero-order chi connectivity index (χ0) is 14.5. The molecule has 6 heteroatoms. The van der Waals surface area contributed by atoms with Gasteiger partial charge in [-0.2, -0.15) is 13.2 Å². The van der Waals surface area contributed by atoms with Gasteiger partial charge in [-0.15, -0.1) is 0 Å². The van der Waals surface area contributed by atoms with Crippen LogP contribution in [-0.4, -0.2) is 17.6 Å². The molecule has 0 aromatic heterocycles. The van der Waals surface area contributed by atoms with Crippen LogP contribution in [0.2, 0.25) is 0 Å². The molecule has 0 saturated heterocycles. The Labute approximate surface area is 109 Å². The largest absolute Gasteiger partial charge is 0.481 e. The van der Waals surface area contributed by atoms with Crippen LogP contribution in [0.25, 0.3) is 0 Å². The molecule has 1 aromatic carbocycles. The molecule has 0 fully saturated rings. The summed E-state index contributed by atoms with van der Waals surface area (Å²) in [7, 11) is 0. The fraction of sp³-hybridized carbons (Fsp3) is 0.462. The number of carbonyl (C=O) groups is 1. The van der Waals surface area contributed by atoms with Gasteiger partial charge in [-0.05, 0) is 37.4 Å². The second kappa shape index (κ2) is 6.56. The summed E-state index contributed by atoms with van der Waals surface area (Å²) >= 11 is 0. The maximum Gasteiger partial charge on any atom is 0.416 e. The fourth-order valence-electron chi connectivity index (χ4n) is 1.84. The fourth-order valence-corrected chi connectivity index (χ4v) is 1.84. The lowest BCUT2D eigenvalue weighted by atomic mass is 9.94. The second-order valence-electron chi connectivity index (χ2n) is 4.37. The average molecular weight is 275 g/mol. The van der Waals surface area contributed by atoms with Crippen molar-refractivity contribution < 1.29 is 23.1 Å². The van der Waals surface area contributed by atoms with Gasteiger partial charge in [0.2, 0.25) is 0 Å². The summed E-state index contributed by atoms with van der Waals surface area (Å²) in [6.07, 6.45) is -3.43. The maximum absolute atomic E-state index is 12.5. The van der Waals surface area contributed by atoms with Crippen molar-refractivity contribution in [1.29, 1.82) is 0 Å². The molecular formula is C13H16F3NO2. The van der Waals surface area contributed by atoms with Crippen LogP contribution >= 0.6 is 0 Å². The molecule has 106 valence electrons. The van der Waals surface area contributed by atoms with Crippen LogP contribution in [0.4, 0.5) is 13.2 Å². The van der Waals surface area contributed by atoms with E-state index in [1.165, 1.54) is 12.1 Å². The molecule has 0 aliphatic rings. The normalized spacial score (nSPS) is 13.3. The highest BCUT2D eigenvalue weighted by Gasteiger charge is 2.30. The molecule has 19 heavy (non-hydrogen) atoms. The van der Waals surface area contributed by atoms with E-state index in [-0.39, 0.29) is 6.42 Å². The average Bonchev–Trinajstić information content (AvgIpc) is 2.33. The van der Waals surface area contributed by atoms with Crippen molar-refractivity contribution >= 4 is 5.97 Å². The summed E-state index contributed by atoms with van der Waals surface area (Å²) < 4.78 is 37.6. The first-order chi connectivity index (χ1) is 8.84. The van der Waals surface area contributed by atoms with Crippen LogP contribution in [0.5, 0.6) is 0 Å². The number of aliphatic carboxylic acids is 1. The molecule has 3 N–H and O–H groups in total. The minimum Gasteiger partial charge on any atom is -0.481 e. The first-order valence-electron chi connectivity index (χ1n) is 5.93. The van der Waals surface area contributed by atoms with Crippen LogP contribution in [0, 0.1) is 5.92 Å². The Morgan fingerprint density at radius 3 is 2.58 bits per heavy atom. The van der Waals surface area contributed by atoms with Gasteiger partial charge in [0.1, 0.15) is 0 Å². The molecule has 0 heterocycles. The molecule has 0 aliphatic carbocycles. The number of nitrogens with two attached hydrogens (primary N) is 1. The Kier molecular flexibility index (Phi) is 5.35. The van der Waals surface area contributed by atoms with E-state index in [1.807, 2.05) is 0 Å². The third-order valence-corrected chi connectivity index (χ3v) is 2.84. The Morgan fingerprint density at radius 2 is 2.05 bits per heavy atom. The van der Waals surface area contributed by atoms with E-state index in [0.717, 1.165) is 12.1 Å². The topological polar surface area (TPSA) is 63.3 Å². The predicted molar refractivity (Wildman–Crippen MR) is 64.6 cm³/mol. The molecule has 1 aromatic rings. The number of benzene rings is 1. The van der Waals surface area contributed by atoms with Gasteiger partial charge >= 0.3 is 12.1 Å². The maximum atomic E-state index is 12.5. The van der Waals surface area contributed by atoms with Crippen molar-refractivity contribution in [2.45, 2.75) is 25.4 Å². The summed E-state index contributed by atoms with van der Waals surface area (Å²) in [4.78, 5) is 11.0. The van der Waals surface area contributed by atoms with Crippen molar-refractivity contribution in [3.05, 3.63) is 35.4 Å². The zero-order valence-corrected chi connectivity index (χ0v) is 10.3. The number of carboxylic acid groups (broad SMARTS) is 1. The Bertz CT molecular complexity index is 432. The minimum absolute atomic E-state index is 0.0826. The van der Waals surface area contributed by atoms with Crippen molar-refractivity contribution in [2.75, 3.05) is 6.54 Å². The highest BCUT2D eigenvalue weighted by atomic mass is 19.4. The summed E-state index contributed by atoms with van der Waals surface area (Å²) in [6, 6.07) is 4.77. The van der Waals surface area contributed by atoms with Crippen LogP contribution in [0.15, 0.2) is 24.3 Å². The summed E-state index contributed by atoms with van der Waals surface area (Å²) in [5, 5.41) is 9.03. The Hall–Kier alpha value is -1.56. The molecule has 0 radical (unpaired) electrons. The van der Waals surface area contributed by atoms with Gasteiger partial charge in [0.15, 0.2) is 0 Å². The number of carboxylic acids is 1. The van der Waals surface area contributed by atoms with Crippen molar-refractivity contribution in [2.24, 2.45) is 11.7 Å². The molecule has 3 nitrogen and oxygen atoms in total. The van der Waals surface area contributed by atoms with Gasteiger partial charge < -0.3 is 10.8 Å². The number of rotatable bonds is 6. The lowest BCUT2D eigenvalue weighted by Gasteiger charge is -2.13. The van der Waals surface area contributed by atoms with Crippen LogP contribution in [0.3, 0.4) is 0 Å². The molecule has 0 saturated carbocycles. The SMILES string of the molecule is NCCCC(Cc1cccc(C(F)(F)F)c1)C(=O)O. The van der Waals surface area contributed by atoms with E-state index in [0.29, 0.717) is 24.9 Å². The monoisotopic (exact) mass is 275 g/mol. The standard InChI is InChI=1S/C13H16F3NO2/c14-13(15,16)11-5-1-3-9(8-11)7-10(12(18)19)4-2-6-17/h1,3,5,8,10H,2,4,6-7,17H2,(H,18,19). The molecule has 0 bridgehead atoms. The first-order valence-corrected chi connectivity index (χ1v) is 5.93. The zero-order valence-electron chi connectivity index (χ0n) is 10.3. The van der Waals surface area contributed by atoms with Crippen LogP contribution < -0.4 is 5.73 Å². The van der Waals surface area contributed by atoms with Gasteiger partial charge in [0.25, 0.3) is 0 Å². The molecule has 1 rings (SSSR count). The Balaban J connectivity index is 2.82. The van der Waals surface area contributed by atoms with E-state index in [4.69, 9.17) is 10.8 Å². The van der Waals surface area contributed by atoms with Crippen LogP contribution in [-0.2, 0) is 17.4 Å². The number of hydrogen-bond acceptors (Lipinski definition) is 2. The van der Waals surface area contributed by atoms with E-state index >= 15 is 0 Å². The third kappa shape index (κ3) is 4.90. The van der Waals surface area contributed by atoms with E-state index in [9.17, 15) is 18.0 Å². The summed E-state index contributed by atoms with van der Waals surface area (Å²) in [5.74, 6) is -1.71. The van der Waals surface area contributed by atoms with Crippen molar-refractivity contribution in [3.63, 3.8) is 0 Å². The van der Waals surface area contributed by atoms with E-state index in [2.05, 4.69) is 0 Å². The lowest BCUT2D eigenvalue weighted by molar-refractivity contribution is -0.142. The van der Waals surface area contributed by atoms with Gasteiger partial charge in [-0.1, -0.05) is 18.2 Å². The highest BCUT2D eigenvalue weighted by molar-refractivity contribution is 5.70. The number of hydrogen-bond donors (Lipinski definition) is 2. The third-order valence-electron chi connectivity index (χ3n) is 2.84. The molecule has 0 spiro atoms. The molecule has 0 amide bonds. The highest BCUT2D eigenvalue weighted by Crippen LogP contribution is 2.30. The first kappa shape index (κ1) is 15.5. The van der Waals surface area contributed by atoms with Gasteiger partial charge in [0.05, 0.1) is 11.5 Å². The van der Waals surface area contributed by atoms with Gasteiger partial charge in [-0.3, -0.25) is 4.79 Å². The number of halogens is 3. The van der Waals surface area contributed by atoms with Crippen molar-refractivity contribution in [3.8, 4) is 0 Å². The number of alkyl halides is 3. The Morgan fingerprint density at radius 1 is 1.37 bits per heavy atom. The van der Waals surface area contributed by atoms with E-state index in [1.54, 1.807) is 0 Å². The van der Waals surface area contributed by atoms with Crippen molar-refractivity contribution in [1.82, 2.24) is 0 Å². The second-order valence-corrected chi connectivity index (χ2v) is 4.37. The minimum atomic E-state index is -4.41. The summed E-state index contributed by atoms with van der Waals surface area (Å²) in [5.41, 5.74) is 4.93. The van der Waals surface area contributed by atoms with E-state index < -0.39 is 23.6 Å². The molecular weight excluding hydrogens is 259 g/mol. The molecule has 1 unspecified atom stereocenters. The van der Waals surface area contributed by atoms with Gasteiger partial charge in [-0.25, -0.2) is 0 Å². The summed E-state index contributed by atoms with van der Waals surface area (Å²) in [6.45, 7) is 0.367. The van der Waals surface area contributed by atoms with Crippen LogP contribution in [0.1, 0.15) is 24.0 Å². The quantitative estimate of drug-likeness (QED) is 0.839. The molecule has 1 atom stereocenters.